The Morgan fingerprint density at radius 2 is 1.62 bits per heavy atom. The second kappa shape index (κ2) is 6.97. The SMILES string of the molecule is OC1(c2ccc(OC(F)F)cc2)CC2CCC(C1)N2Cc1ccccc1. The van der Waals surface area contributed by atoms with E-state index in [0.29, 0.717) is 24.9 Å². The summed E-state index contributed by atoms with van der Waals surface area (Å²) in [6, 6.07) is 17.6. The highest BCUT2D eigenvalue weighted by Crippen LogP contribution is 2.46. The number of rotatable bonds is 5. The molecule has 1 N–H and O–H groups in total. The number of ether oxygens (including phenoxy) is 1. The Bertz CT molecular complexity index is 721. The summed E-state index contributed by atoms with van der Waals surface area (Å²) in [4.78, 5) is 2.51. The Kier molecular flexibility index (Phi) is 4.67. The fourth-order valence-corrected chi connectivity index (χ4v) is 4.55. The van der Waals surface area contributed by atoms with Gasteiger partial charge in [0.15, 0.2) is 0 Å². The molecule has 0 saturated carbocycles. The number of hydrogen-bond donors (Lipinski definition) is 1. The van der Waals surface area contributed by atoms with Gasteiger partial charge in [0.05, 0.1) is 5.60 Å². The average Bonchev–Trinajstić information content (AvgIpc) is 2.87. The molecule has 2 aromatic carbocycles. The molecule has 26 heavy (non-hydrogen) atoms. The predicted octanol–water partition coefficient (Wildman–Crippen LogP) is 4.30. The van der Waals surface area contributed by atoms with Crippen LogP contribution in [0, 0.1) is 0 Å². The number of alkyl halides is 2. The largest absolute Gasteiger partial charge is 0.435 e. The second-order valence-corrected chi connectivity index (χ2v) is 7.39. The van der Waals surface area contributed by atoms with Gasteiger partial charge in [0.2, 0.25) is 0 Å². The van der Waals surface area contributed by atoms with Gasteiger partial charge in [0.1, 0.15) is 5.75 Å². The smallest absolute Gasteiger partial charge is 0.387 e. The van der Waals surface area contributed by atoms with Crippen LogP contribution < -0.4 is 4.74 Å². The fourth-order valence-electron chi connectivity index (χ4n) is 4.55. The number of halogens is 2. The highest BCUT2D eigenvalue weighted by molar-refractivity contribution is 5.32. The molecule has 2 aliphatic rings. The van der Waals surface area contributed by atoms with Gasteiger partial charge in [-0.2, -0.15) is 8.78 Å². The van der Waals surface area contributed by atoms with E-state index < -0.39 is 12.2 Å². The van der Waals surface area contributed by atoms with E-state index >= 15 is 0 Å². The van der Waals surface area contributed by atoms with Gasteiger partial charge < -0.3 is 9.84 Å². The molecule has 138 valence electrons. The van der Waals surface area contributed by atoms with Gasteiger partial charge in [-0.05, 0) is 48.9 Å². The molecule has 2 aromatic rings. The monoisotopic (exact) mass is 359 g/mol. The number of nitrogens with zero attached hydrogens (tertiary/aromatic N) is 1. The van der Waals surface area contributed by atoms with Gasteiger partial charge in [0, 0.05) is 18.6 Å². The van der Waals surface area contributed by atoms with E-state index in [0.717, 1.165) is 24.9 Å². The summed E-state index contributed by atoms with van der Waals surface area (Å²) in [7, 11) is 0. The molecule has 2 aliphatic heterocycles. The first-order valence-corrected chi connectivity index (χ1v) is 9.11. The zero-order chi connectivity index (χ0) is 18.1. The standard InChI is InChI=1S/C21H23F2NO2/c22-20(23)26-19-10-6-16(7-11-19)21(25)12-17-8-9-18(13-21)24(17)14-15-4-2-1-3-5-15/h1-7,10-11,17-18,20,25H,8-9,12-14H2. The topological polar surface area (TPSA) is 32.7 Å². The fraction of sp³-hybridized carbons (Fsp3) is 0.429. The number of fused-ring (bicyclic) bond motifs is 2. The van der Waals surface area contributed by atoms with Crippen LogP contribution in [-0.2, 0) is 12.1 Å². The van der Waals surface area contributed by atoms with E-state index in [1.165, 1.54) is 17.7 Å². The summed E-state index contributed by atoms with van der Waals surface area (Å²) in [6.45, 7) is -1.92. The maximum absolute atomic E-state index is 12.3. The lowest BCUT2D eigenvalue weighted by atomic mass is 9.80. The van der Waals surface area contributed by atoms with Crippen molar-refractivity contribution in [2.45, 2.75) is 56.5 Å². The Morgan fingerprint density at radius 3 is 2.19 bits per heavy atom. The molecule has 0 aliphatic carbocycles. The van der Waals surface area contributed by atoms with E-state index in [1.54, 1.807) is 12.1 Å². The van der Waals surface area contributed by atoms with Crippen molar-refractivity contribution >= 4 is 0 Å². The molecule has 2 unspecified atom stereocenters. The number of hydrogen-bond acceptors (Lipinski definition) is 3. The summed E-state index contributed by atoms with van der Waals surface area (Å²) < 4.78 is 29.0. The van der Waals surface area contributed by atoms with Crippen LogP contribution in [0.4, 0.5) is 8.78 Å². The Morgan fingerprint density at radius 1 is 1.00 bits per heavy atom. The predicted molar refractivity (Wildman–Crippen MR) is 95.0 cm³/mol. The summed E-state index contributed by atoms with van der Waals surface area (Å²) in [5.41, 5.74) is 1.18. The normalized spacial score (nSPS) is 28.5. The summed E-state index contributed by atoms with van der Waals surface area (Å²) in [6.07, 6.45) is 3.52. The van der Waals surface area contributed by atoms with Crippen LogP contribution in [0.15, 0.2) is 54.6 Å². The van der Waals surface area contributed by atoms with E-state index in [-0.39, 0.29) is 5.75 Å². The van der Waals surface area contributed by atoms with Crippen LogP contribution in [0.3, 0.4) is 0 Å². The number of aliphatic hydroxyl groups is 1. The van der Waals surface area contributed by atoms with Gasteiger partial charge in [-0.15, -0.1) is 0 Å². The molecule has 2 heterocycles. The Labute approximate surface area is 152 Å². The van der Waals surface area contributed by atoms with Crippen LogP contribution in [0.1, 0.15) is 36.8 Å². The van der Waals surface area contributed by atoms with Gasteiger partial charge >= 0.3 is 6.61 Å². The molecule has 3 nitrogen and oxygen atoms in total. The molecule has 2 fully saturated rings. The summed E-state index contributed by atoms with van der Waals surface area (Å²) >= 11 is 0. The lowest BCUT2D eigenvalue weighted by Gasteiger charge is -2.44. The van der Waals surface area contributed by atoms with E-state index in [4.69, 9.17) is 0 Å². The van der Waals surface area contributed by atoms with Crippen LogP contribution in [0.5, 0.6) is 5.75 Å². The quantitative estimate of drug-likeness (QED) is 0.864. The lowest BCUT2D eigenvalue weighted by molar-refractivity contribution is -0.0598. The zero-order valence-electron chi connectivity index (χ0n) is 14.5. The third-order valence-corrected chi connectivity index (χ3v) is 5.74. The van der Waals surface area contributed by atoms with Crippen molar-refractivity contribution in [3.63, 3.8) is 0 Å². The number of benzene rings is 2. The second-order valence-electron chi connectivity index (χ2n) is 7.39. The zero-order valence-corrected chi connectivity index (χ0v) is 14.5. The van der Waals surface area contributed by atoms with Crippen molar-refractivity contribution < 1.29 is 18.6 Å². The van der Waals surface area contributed by atoms with Crippen LogP contribution in [0.25, 0.3) is 0 Å². The van der Waals surface area contributed by atoms with Crippen LogP contribution in [-0.4, -0.2) is 28.7 Å². The maximum Gasteiger partial charge on any atom is 0.387 e. The molecule has 0 amide bonds. The molecule has 0 radical (unpaired) electrons. The summed E-state index contributed by atoms with van der Waals surface area (Å²) in [5, 5.41) is 11.3. The highest BCUT2D eigenvalue weighted by atomic mass is 19.3. The Balaban J connectivity index is 1.48. The third-order valence-electron chi connectivity index (χ3n) is 5.74. The van der Waals surface area contributed by atoms with Gasteiger partial charge in [-0.3, -0.25) is 4.90 Å². The molecule has 0 spiro atoms. The van der Waals surface area contributed by atoms with Crippen molar-refractivity contribution in [3.8, 4) is 5.75 Å². The molecule has 2 atom stereocenters. The van der Waals surface area contributed by atoms with E-state index in [2.05, 4.69) is 33.9 Å². The molecule has 2 saturated heterocycles. The van der Waals surface area contributed by atoms with Crippen molar-refractivity contribution in [1.82, 2.24) is 4.90 Å². The van der Waals surface area contributed by atoms with Crippen molar-refractivity contribution in [2.75, 3.05) is 0 Å². The first kappa shape index (κ1) is 17.4. The first-order valence-electron chi connectivity index (χ1n) is 9.11. The van der Waals surface area contributed by atoms with Crippen molar-refractivity contribution in [2.24, 2.45) is 0 Å². The van der Waals surface area contributed by atoms with E-state index in [1.807, 2.05) is 6.07 Å². The summed E-state index contributed by atoms with van der Waals surface area (Å²) in [5.74, 6) is 0.122. The minimum absolute atomic E-state index is 0.122. The minimum Gasteiger partial charge on any atom is -0.435 e. The molecular weight excluding hydrogens is 336 g/mol. The van der Waals surface area contributed by atoms with Crippen LogP contribution >= 0.6 is 0 Å². The molecule has 0 aromatic heterocycles. The molecule has 5 heteroatoms. The Hall–Kier alpha value is -1.98. The minimum atomic E-state index is -2.83. The highest BCUT2D eigenvalue weighted by Gasteiger charge is 2.48. The maximum atomic E-state index is 12.3. The van der Waals surface area contributed by atoms with Crippen LogP contribution in [0.2, 0.25) is 0 Å². The van der Waals surface area contributed by atoms with Crippen molar-refractivity contribution in [3.05, 3.63) is 65.7 Å². The van der Waals surface area contributed by atoms with Gasteiger partial charge in [0.25, 0.3) is 0 Å². The van der Waals surface area contributed by atoms with Gasteiger partial charge in [-0.25, -0.2) is 0 Å². The van der Waals surface area contributed by atoms with E-state index in [9.17, 15) is 13.9 Å². The molecular formula is C21H23F2NO2. The molecule has 4 rings (SSSR count). The van der Waals surface area contributed by atoms with Gasteiger partial charge in [-0.1, -0.05) is 42.5 Å². The first-order chi connectivity index (χ1) is 12.5. The molecule has 2 bridgehead atoms. The average molecular weight is 359 g/mol. The number of piperidine rings is 1. The third kappa shape index (κ3) is 3.46. The lowest BCUT2D eigenvalue weighted by Crippen LogP contribution is -2.49. The van der Waals surface area contributed by atoms with Crippen molar-refractivity contribution in [1.29, 1.82) is 0 Å².